The van der Waals surface area contributed by atoms with Gasteiger partial charge < -0.3 is 27.8 Å². The van der Waals surface area contributed by atoms with E-state index in [2.05, 4.69) is 17.1 Å². The highest BCUT2D eigenvalue weighted by Gasteiger charge is 2.04. The Bertz CT molecular complexity index is 112. The largest absolute Gasteiger partial charge is 0.344 e. The summed E-state index contributed by atoms with van der Waals surface area (Å²) >= 11 is 0. The summed E-state index contributed by atoms with van der Waals surface area (Å²) in [6, 6.07) is 0.273. The smallest absolute Gasteiger partial charge is 0.0107 e. The Balaban J connectivity index is 0. The lowest BCUT2D eigenvalue weighted by atomic mass is 10.3. The molecule has 8 N–H and O–H groups in total. The van der Waals surface area contributed by atoms with Crippen LogP contribution in [0.15, 0.2) is 0 Å². The van der Waals surface area contributed by atoms with Gasteiger partial charge in [-0.15, -0.1) is 0 Å². The number of nitrogens with two attached hydrogens (primary N) is 2. The van der Waals surface area contributed by atoms with E-state index in [1.165, 1.54) is 32.7 Å². The lowest BCUT2D eigenvalue weighted by Crippen LogP contribution is -2.43. The summed E-state index contributed by atoms with van der Waals surface area (Å²) in [6.45, 7) is 10.9. The van der Waals surface area contributed by atoms with Crippen LogP contribution in [0.2, 0.25) is 0 Å². The SMILES string of the molecule is CC(N)CCN.CCN1CCNCC1.N. The number of nitrogens with one attached hydrogen (secondary N) is 1. The quantitative estimate of drug-likeness (QED) is 0.524. The van der Waals surface area contributed by atoms with Crippen LogP contribution in [-0.2, 0) is 0 Å². The van der Waals surface area contributed by atoms with Gasteiger partial charge in [-0.3, -0.25) is 0 Å². The summed E-state index contributed by atoms with van der Waals surface area (Å²) in [5, 5.41) is 3.31. The van der Waals surface area contributed by atoms with Crippen LogP contribution in [0.4, 0.5) is 0 Å². The fourth-order valence-corrected chi connectivity index (χ4v) is 1.29. The van der Waals surface area contributed by atoms with Gasteiger partial charge >= 0.3 is 0 Å². The molecular formula is C10H29N5. The predicted molar refractivity (Wildman–Crippen MR) is 67.3 cm³/mol. The summed E-state index contributed by atoms with van der Waals surface area (Å²) in [6.07, 6.45) is 0.931. The molecule has 5 heteroatoms. The highest BCUT2D eigenvalue weighted by atomic mass is 15.2. The fourth-order valence-electron chi connectivity index (χ4n) is 1.29. The third-order valence-corrected chi connectivity index (χ3v) is 2.28. The van der Waals surface area contributed by atoms with E-state index in [9.17, 15) is 0 Å². The van der Waals surface area contributed by atoms with E-state index in [1.54, 1.807) is 0 Å². The maximum atomic E-state index is 5.32. The van der Waals surface area contributed by atoms with Crippen molar-refractivity contribution in [1.82, 2.24) is 16.4 Å². The van der Waals surface area contributed by atoms with Crippen molar-refractivity contribution in [2.24, 2.45) is 11.5 Å². The summed E-state index contributed by atoms with van der Waals surface area (Å²) in [7, 11) is 0. The van der Waals surface area contributed by atoms with Crippen molar-refractivity contribution in [3.8, 4) is 0 Å². The van der Waals surface area contributed by atoms with E-state index < -0.39 is 0 Å². The Labute approximate surface area is 94.1 Å². The molecule has 0 bridgehead atoms. The van der Waals surface area contributed by atoms with Crippen molar-refractivity contribution in [2.45, 2.75) is 26.3 Å². The molecule has 5 nitrogen and oxygen atoms in total. The van der Waals surface area contributed by atoms with Crippen LogP contribution in [0.25, 0.3) is 0 Å². The Morgan fingerprint density at radius 2 is 1.87 bits per heavy atom. The zero-order chi connectivity index (χ0) is 10.8. The Kier molecular flexibility index (Phi) is 13.6. The number of likely N-dealkylation sites (N-methyl/N-ethyl adjacent to an activating group) is 1. The second kappa shape index (κ2) is 11.9. The van der Waals surface area contributed by atoms with Gasteiger partial charge in [-0.25, -0.2) is 0 Å². The highest BCUT2D eigenvalue weighted by Crippen LogP contribution is 1.88. The zero-order valence-electron chi connectivity index (χ0n) is 10.3. The minimum Gasteiger partial charge on any atom is -0.344 e. The van der Waals surface area contributed by atoms with Gasteiger partial charge in [-0.2, -0.15) is 0 Å². The van der Waals surface area contributed by atoms with Crippen LogP contribution >= 0.6 is 0 Å². The molecule has 0 amide bonds. The van der Waals surface area contributed by atoms with E-state index >= 15 is 0 Å². The van der Waals surface area contributed by atoms with Crippen molar-refractivity contribution in [3.63, 3.8) is 0 Å². The number of hydrogen-bond donors (Lipinski definition) is 4. The van der Waals surface area contributed by atoms with Crippen molar-refractivity contribution >= 4 is 0 Å². The highest BCUT2D eigenvalue weighted by molar-refractivity contribution is 4.64. The van der Waals surface area contributed by atoms with Crippen molar-refractivity contribution in [3.05, 3.63) is 0 Å². The number of rotatable bonds is 3. The topological polar surface area (TPSA) is 102 Å². The van der Waals surface area contributed by atoms with Crippen LogP contribution in [0.1, 0.15) is 20.3 Å². The van der Waals surface area contributed by atoms with Crippen LogP contribution < -0.4 is 22.9 Å². The van der Waals surface area contributed by atoms with Gasteiger partial charge in [0.2, 0.25) is 0 Å². The van der Waals surface area contributed by atoms with E-state index in [4.69, 9.17) is 11.5 Å². The normalized spacial score (nSPS) is 18.4. The van der Waals surface area contributed by atoms with Gasteiger partial charge in [0.1, 0.15) is 0 Å². The average molecular weight is 219 g/mol. The minimum atomic E-state index is 0. The Hall–Kier alpha value is -0.200. The van der Waals surface area contributed by atoms with E-state index in [0.29, 0.717) is 6.54 Å². The lowest BCUT2D eigenvalue weighted by molar-refractivity contribution is 0.253. The van der Waals surface area contributed by atoms with Gasteiger partial charge in [0.25, 0.3) is 0 Å². The van der Waals surface area contributed by atoms with Gasteiger partial charge in [0, 0.05) is 32.2 Å². The lowest BCUT2D eigenvalue weighted by Gasteiger charge is -2.25. The molecule has 94 valence electrons. The molecule has 0 saturated carbocycles. The first-order valence-electron chi connectivity index (χ1n) is 5.59. The molecule has 1 rings (SSSR count). The molecule has 0 spiro atoms. The summed E-state index contributed by atoms with van der Waals surface area (Å²) < 4.78 is 0. The second-order valence-electron chi connectivity index (χ2n) is 3.74. The molecule has 0 aromatic heterocycles. The van der Waals surface area contributed by atoms with Gasteiger partial charge in [0.15, 0.2) is 0 Å². The Morgan fingerprint density at radius 3 is 2.07 bits per heavy atom. The molecule has 0 aromatic rings. The van der Waals surface area contributed by atoms with E-state index in [1.807, 2.05) is 6.92 Å². The van der Waals surface area contributed by atoms with Crippen molar-refractivity contribution < 1.29 is 0 Å². The number of piperazine rings is 1. The predicted octanol–water partition coefficient (Wildman–Crippen LogP) is -0.244. The molecular weight excluding hydrogens is 190 g/mol. The minimum absolute atomic E-state index is 0. The van der Waals surface area contributed by atoms with Crippen molar-refractivity contribution in [2.75, 3.05) is 39.3 Å². The third-order valence-electron chi connectivity index (χ3n) is 2.28. The van der Waals surface area contributed by atoms with Crippen LogP contribution in [0, 0.1) is 0 Å². The zero-order valence-corrected chi connectivity index (χ0v) is 10.3. The monoisotopic (exact) mass is 219 g/mol. The second-order valence-corrected chi connectivity index (χ2v) is 3.74. The Morgan fingerprint density at radius 1 is 1.33 bits per heavy atom. The molecule has 0 radical (unpaired) electrons. The summed E-state index contributed by atoms with van der Waals surface area (Å²) in [5.74, 6) is 0. The fraction of sp³-hybridized carbons (Fsp3) is 1.00. The third kappa shape index (κ3) is 11.7. The first kappa shape index (κ1) is 17.2. The molecule has 1 aliphatic heterocycles. The van der Waals surface area contributed by atoms with E-state index in [-0.39, 0.29) is 12.2 Å². The van der Waals surface area contributed by atoms with Gasteiger partial charge in [-0.05, 0) is 26.4 Å². The van der Waals surface area contributed by atoms with Crippen LogP contribution in [-0.4, -0.2) is 50.2 Å². The first-order valence-corrected chi connectivity index (χ1v) is 5.59. The van der Waals surface area contributed by atoms with Crippen LogP contribution in [0.5, 0.6) is 0 Å². The molecule has 1 aliphatic rings. The molecule has 1 heterocycles. The van der Waals surface area contributed by atoms with Gasteiger partial charge in [-0.1, -0.05) is 6.92 Å². The standard InChI is InChI=1S/C6H14N2.C4H12N2.H3N/c1-2-8-5-3-7-4-6-8;1-4(6)2-3-5;/h7H,2-6H2,1H3;4H,2-3,5-6H2,1H3;1H3. The van der Waals surface area contributed by atoms with Crippen LogP contribution in [0.3, 0.4) is 0 Å². The molecule has 1 unspecified atom stereocenters. The van der Waals surface area contributed by atoms with Gasteiger partial charge in [0.05, 0.1) is 0 Å². The molecule has 0 aromatic carbocycles. The first-order chi connectivity index (χ1) is 6.70. The molecule has 0 aliphatic carbocycles. The molecule has 1 saturated heterocycles. The number of nitrogens with zero attached hydrogens (tertiary/aromatic N) is 1. The molecule has 1 atom stereocenters. The summed E-state index contributed by atoms with van der Waals surface area (Å²) in [4.78, 5) is 2.45. The maximum absolute atomic E-state index is 5.32. The maximum Gasteiger partial charge on any atom is 0.0107 e. The van der Waals surface area contributed by atoms with Crippen molar-refractivity contribution in [1.29, 1.82) is 0 Å². The average Bonchev–Trinajstić information content (AvgIpc) is 2.20. The van der Waals surface area contributed by atoms with E-state index in [0.717, 1.165) is 6.42 Å². The molecule has 1 fully saturated rings. The number of hydrogen-bond acceptors (Lipinski definition) is 5. The molecule has 15 heavy (non-hydrogen) atoms. The summed E-state index contributed by atoms with van der Waals surface area (Å²) in [5.41, 5.74) is 10.5.